The van der Waals surface area contributed by atoms with Crippen LogP contribution in [0.15, 0.2) is 30.3 Å². The van der Waals surface area contributed by atoms with E-state index in [2.05, 4.69) is 0 Å². The molecule has 0 heterocycles. The largest absolute Gasteiger partial charge is 0.493 e. The maximum Gasteiger partial charge on any atom is 0.315 e. The van der Waals surface area contributed by atoms with Crippen molar-refractivity contribution in [2.24, 2.45) is 5.41 Å². The van der Waals surface area contributed by atoms with Gasteiger partial charge in [-0.05, 0) is 55.9 Å². The number of carbonyl (C=O) groups excluding carboxylic acids is 2. The van der Waals surface area contributed by atoms with E-state index >= 15 is 0 Å². The molecule has 4 rings (SSSR count). The Labute approximate surface area is 188 Å². The molecule has 0 spiro atoms. The lowest BCUT2D eigenvalue weighted by Crippen LogP contribution is -2.28. The monoisotopic (exact) mass is 438 g/mol. The molecule has 2 aromatic rings. The van der Waals surface area contributed by atoms with Crippen LogP contribution in [0.25, 0.3) is 11.1 Å². The standard InChI is InChI=1S/C26H30O6/c1-5-16(2)32-25(28)26(12-13-26)15-31-23-20(9-11-22(29-3)24(23)30-4)18-6-8-19-17(14-18)7-10-21(19)27/h6,8-9,11,14,16H,5,7,10,12-13,15H2,1-4H3/t16-/m1/s1. The molecule has 6 nitrogen and oxygen atoms in total. The van der Waals surface area contributed by atoms with Crippen molar-refractivity contribution in [1.29, 1.82) is 0 Å². The molecule has 1 atom stereocenters. The summed E-state index contributed by atoms with van der Waals surface area (Å²) in [4.78, 5) is 24.8. The second-order valence-corrected chi connectivity index (χ2v) is 8.67. The summed E-state index contributed by atoms with van der Waals surface area (Å²) in [6.45, 7) is 4.10. The lowest BCUT2D eigenvalue weighted by molar-refractivity contribution is -0.156. The Morgan fingerprint density at radius 2 is 1.78 bits per heavy atom. The Bertz CT molecular complexity index is 1040. The first-order valence-electron chi connectivity index (χ1n) is 11.2. The second-order valence-electron chi connectivity index (χ2n) is 8.67. The van der Waals surface area contributed by atoms with Gasteiger partial charge in [0.2, 0.25) is 5.75 Å². The zero-order valence-corrected chi connectivity index (χ0v) is 19.2. The van der Waals surface area contributed by atoms with Crippen LogP contribution in [0.4, 0.5) is 0 Å². The smallest absolute Gasteiger partial charge is 0.315 e. The van der Waals surface area contributed by atoms with Gasteiger partial charge in [0.15, 0.2) is 17.3 Å². The van der Waals surface area contributed by atoms with Gasteiger partial charge in [-0.2, -0.15) is 0 Å². The van der Waals surface area contributed by atoms with E-state index in [0.717, 1.165) is 47.9 Å². The number of Topliss-reactive ketones (excluding diaryl/α,β-unsaturated/α-hetero) is 1. The Kier molecular flexibility index (Phi) is 6.13. The number of ether oxygens (including phenoxy) is 4. The highest BCUT2D eigenvalue weighted by molar-refractivity contribution is 6.01. The first kappa shape index (κ1) is 22.2. The van der Waals surface area contributed by atoms with Gasteiger partial charge in [0.25, 0.3) is 0 Å². The van der Waals surface area contributed by atoms with Crippen LogP contribution in [0.2, 0.25) is 0 Å². The first-order valence-corrected chi connectivity index (χ1v) is 11.2. The van der Waals surface area contributed by atoms with Gasteiger partial charge >= 0.3 is 5.97 Å². The van der Waals surface area contributed by atoms with Crippen LogP contribution in [0.1, 0.15) is 55.5 Å². The highest BCUT2D eigenvalue weighted by atomic mass is 16.6. The zero-order valence-electron chi connectivity index (χ0n) is 19.2. The molecule has 0 bridgehead atoms. The highest BCUT2D eigenvalue weighted by Crippen LogP contribution is 2.50. The number of aryl methyl sites for hydroxylation is 1. The van der Waals surface area contributed by atoms with Crippen molar-refractivity contribution in [1.82, 2.24) is 0 Å². The molecule has 1 fully saturated rings. The third-order valence-corrected chi connectivity index (χ3v) is 6.50. The minimum atomic E-state index is -0.612. The van der Waals surface area contributed by atoms with Crippen molar-refractivity contribution in [3.63, 3.8) is 0 Å². The number of hydrogen-bond acceptors (Lipinski definition) is 6. The number of benzene rings is 2. The maximum atomic E-state index is 12.7. The van der Waals surface area contributed by atoms with Gasteiger partial charge in [-0.15, -0.1) is 0 Å². The van der Waals surface area contributed by atoms with Crippen LogP contribution in [0, 0.1) is 5.41 Å². The Morgan fingerprint density at radius 3 is 2.44 bits per heavy atom. The summed E-state index contributed by atoms with van der Waals surface area (Å²) in [6.07, 6.45) is 3.44. The first-order chi connectivity index (χ1) is 15.4. The van der Waals surface area contributed by atoms with Crippen LogP contribution in [-0.4, -0.2) is 38.7 Å². The average molecular weight is 439 g/mol. The molecule has 170 valence electrons. The van der Waals surface area contributed by atoms with Crippen molar-refractivity contribution < 1.29 is 28.5 Å². The van der Waals surface area contributed by atoms with Crippen molar-refractivity contribution in [3.05, 3.63) is 41.5 Å². The lowest BCUT2D eigenvalue weighted by atomic mass is 9.99. The summed E-state index contributed by atoms with van der Waals surface area (Å²) in [6, 6.07) is 9.61. The molecule has 0 N–H and O–H groups in total. The fraction of sp³-hybridized carbons (Fsp3) is 0.462. The van der Waals surface area contributed by atoms with E-state index < -0.39 is 5.41 Å². The average Bonchev–Trinajstić information content (AvgIpc) is 3.53. The third kappa shape index (κ3) is 4.06. The van der Waals surface area contributed by atoms with Gasteiger partial charge in [-0.1, -0.05) is 25.1 Å². The predicted molar refractivity (Wildman–Crippen MR) is 121 cm³/mol. The summed E-state index contributed by atoms with van der Waals surface area (Å²) in [5.74, 6) is 1.54. The number of carbonyl (C=O) groups is 2. The Balaban J connectivity index is 1.66. The van der Waals surface area contributed by atoms with Gasteiger partial charge in [-0.3, -0.25) is 9.59 Å². The Morgan fingerprint density at radius 1 is 1.03 bits per heavy atom. The zero-order chi connectivity index (χ0) is 22.9. The van der Waals surface area contributed by atoms with E-state index in [0.29, 0.717) is 23.7 Å². The summed E-state index contributed by atoms with van der Waals surface area (Å²) < 4.78 is 23.0. The van der Waals surface area contributed by atoms with E-state index in [1.54, 1.807) is 14.2 Å². The molecule has 0 unspecified atom stereocenters. The van der Waals surface area contributed by atoms with Gasteiger partial charge in [0.05, 0.1) is 20.3 Å². The number of hydrogen-bond donors (Lipinski definition) is 0. The van der Waals surface area contributed by atoms with Crippen molar-refractivity contribution in [2.45, 2.75) is 52.1 Å². The van der Waals surface area contributed by atoms with Crippen molar-refractivity contribution in [3.8, 4) is 28.4 Å². The van der Waals surface area contributed by atoms with E-state index in [-0.39, 0.29) is 24.5 Å². The van der Waals surface area contributed by atoms with Crippen molar-refractivity contribution >= 4 is 11.8 Å². The topological polar surface area (TPSA) is 71.1 Å². The summed E-state index contributed by atoms with van der Waals surface area (Å²) in [7, 11) is 3.15. The number of methoxy groups -OCH3 is 2. The van der Waals surface area contributed by atoms with E-state index in [4.69, 9.17) is 18.9 Å². The van der Waals surface area contributed by atoms with E-state index in [1.807, 2.05) is 44.2 Å². The molecule has 32 heavy (non-hydrogen) atoms. The molecule has 2 aliphatic rings. The highest BCUT2D eigenvalue weighted by Gasteiger charge is 2.53. The molecule has 2 aliphatic carbocycles. The van der Waals surface area contributed by atoms with Crippen LogP contribution < -0.4 is 14.2 Å². The van der Waals surface area contributed by atoms with E-state index in [1.165, 1.54) is 0 Å². The van der Waals surface area contributed by atoms with Crippen LogP contribution in [0.3, 0.4) is 0 Å². The molecule has 2 aromatic carbocycles. The van der Waals surface area contributed by atoms with Gasteiger partial charge < -0.3 is 18.9 Å². The van der Waals surface area contributed by atoms with Gasteiger partial charge in [0, 0.05) is 17.5 Å². The molecular formula is C26H30O6. The normalized spacial score (nSPS) is 16.8. The van der Waals surface area contributed by atoms with Gasteiger partial charge in [0.1, 0.15) is 12.0 Å². The third-order valence-electron chi connectivity index (χ3n) is 6.50. The van der Waals surface area contributed by atoms with Crippen molar-refractivity contribution in [2.75, 3.05) is 20.8 Å². The predicted octanol–water partition coefficient (Wildman–Crippen LogP) is 5.00. The number of ketones is 1. The number of rotatable bonds is 9. The quantitative estimate of drug-likeness (QED) is 0.513. The molecule has 0 aromatic heterocycles. The van der Waals surface area contributed by atoms with Gasteiger partial charge in [-0.25, -0.2) is 0 Å². The fourth-order valence-corrected chi connectivity index (χ4v) is 4.05. The second kappa shape index (κ2) is 8.85. The summed E-state index contributed by atoms with van der Waals surface area (Å²) >= 11 is 0. The number of fused-ring (bicyclic) bond motifs is 1. The summed E-state index contributed by atoms with van der Waals surface area (Å²) in [5.41, 5.74) is 2.99. The van der Waals surface area contributed by atoms with Crippen LogP contribution in [0.5, 0.6) is 17.2 Å². The van der Waals surface area contributed by atoms with Crippen LogP contribution >= 0.6 is 0 Å². The minimum absolute atomic E-state index is 0.115. The SMILES string of the molecule is CC[C@@H](C)OC(=O)C1(COc2c(-c3ccc4c(c3)CCC4=O)ccc(OC)c2OC)CC1. The molecular weight excluding hydrogens is 408 g/mol. The number of esters is 1. The summed E-state index contributed by atoms with van der Waals surface area (Å²) in [5, 5.41) is 0. The molecule has 0 amide bonds. The van der Waals surface area contributed by atoms with Crippen LogP contribution in [-0.2, 0) is 16.0 Å². The lowest BCUT2D eigenvalue weighted by Gasteiger charge is -2.22. The van der Waals surface area contributed by atoms with E-state index in [9.17, 15) is 9.59 Å². The molecule has 0 radical (unpaired) electrons. The fourth-order valence-electron chi connectivity index (χ4n) is 4.05. The molecule has 0 saturated heterocycles. The molecule has 1 saturated carbocycles. The molecule has 0 aliphatic heterocycles. The molecule has 6 heteroatoms. The maximum absolute atomic E-state index is 12.7. The minimum Gasteiger partial charge on any atom is -0.493 e. The Hall–Kier alpha value is -3.02.